The number of nitrogens with two attached hydrogens (primary N) is 1. The third-order valence-corrected chi connectivity index (χ3v) is 4.77. The molecule has 0 spiro atoms. The molecule has 1 aliphatic carbocycles. The third-order valence-electron chi connectivity index (χ3n) is 4.77. The molecule has 2 aliphatic rings. The molecule has 1 heterocycles. The van der Waals surface area contributed by atoms with Crippen LogP contribution in [-0.4, -0.2) is 23.5 Å². The molecule has 104 valence electrons. The van der Waals surface area contributed by atoms with Gasteiger partial charge in [0.05, 0.1) is 6.04 Å². The van der Waals surface area contributed by atoms with E-state index in [9.17, 15) is 0 Å². The Morgan fingerprint density at radius 1 is 1.05 bits per heavy atom. The van der Waals surface area contributed by atoms with Crippen molar-refractivity contribution in [2.45, 2.75) is 64.6 Å². The molecule has 1 aliphatic heterocycles. The third kappa shape index (κ3) is 2.44. The van der Waals surface area contributed by atoms with Crippen LogP contribution < -0.4 is 5.73 Å². The van der Waals surface area contributed by atoms with Gasteiger partial charge < -0.3 is 5.73 Å². The van der Waals surface area contributed by atoms with E-state index < -0.39 is 0 Å². The summed E-state index contributed by atoms with van der Waals surface area (Å²) in [5.41, 5.74) is 12.2. The molecule has 1 aromatic carbocycles. The summed E-state index contributed by atoms with van der Waals surface area (Å²) in [5, 5.41) is 0. The van der Waals surface area contributed by atoms with Crippen LogP contribution in [0, 0.1) is 20.8 Å². The molecule has 1 saturated heterocycles. The molecule has 0 aromatic heterocycles. The number of nitrogens with zero attached hydrogens (tertiary/aromatic N) is 1. The smallest absolute Gasteiger partial charge is 0.0507 e. The minimum atomic E-state index is 0.300. The van der Waals surface area contributed by atoms with E-state index in [1.807, 2.05) is 0 Å². The van der Waals surface area contributed by atoms with E-state index in [1.54, 1.807) is 0 Å². The van der Waals surface area contributed by atoms with E-state index in [-0.39, 0.29) is 0 Å². The van der Waals surface area contributed by atoms with Gasteiger partial charge in [0.15, 0.2) is 0 Å². The molecule has 2 heteroatoms. The highest BCUT2D eigenvalue weighted by Gasteiger charge is 2.40. The van der Waals surface area contributed by atoms with Gasteiger partial charge in [0, 0.05) is 12.1 Å². The fourth-order valence-electron chi connectivity index (χ4n) is 3.91. The number of rotatable bonds is 2. The number of benzene rings is 1. The molecule has 2 atom stereocenters. The zero-order valence-electron chi connectivity index (χ0n) is 12.4. The van der Waals surface area contributed by atoms with Gasteiger partial charge in [-0.15, -0.1) is 0 Å². The molecular weight excluding hydrogens is 232 g/mol. The van der Waals surface area contributed by atoms with Gasteiger partial charge in [-0.05, 0) is 69.7 Å². The fraction of sp³-hybridized carbons (Fsp3) is 0.647. The lowest BCUT2D eigenvalue weighted by Gasteiger charge is -2.41. The van der Waals surface area contributed by atoms with Crippen molar-refractivity contribution < 1.29 is 0 Å². The monoisotopic (exact) mass is 258 g/mol. The summed E-state index contributed by atoms with van der Waals surface area (Å²) in [4.78, 5) is 2.69. The zero-order valence-corrected chi connectivity index (χ0v) is 12.4. The van der Waals surface area contributed by atoms with Crippen molar-refractivity contribution in [1.82, 2.24) is 4.90 Å². The quantitative estimate of drug-likeness (QED) is 0.882. The molecule has 3 rings (SSSR count). The van der Waals surface area contributed by atoms with Crippen molar-refractivity contribution in [3.8, 4) is 0 Å². The summed E-state index contributed by atoms with van der Waals surface area (Å²) in [6, 6.07) is 6.18. The molecule has 2 fully saturated rings. The predicted molar refractivity (Wildman–Crippen MR) is 80.3 cm³/mol. The Morgan fingerprint density at radius 3 is 2.26 bits per heavy atom. The molecule has 2 unspecified atom stereocenters. The second-order valence-electron chi connectivity index (χ2n) is 6.53. The van der Waals surface area contributed by atoms with Crippen LogP contribution in [0.3, 0.4) is 0 Å². The number of likely N-dealkylation sites (tertiary alicyclic amines) is 1. The first-order chi connectivity index (χ1) is 9.08. The maximum Gasteiger partial charge on any atom is 0.0507 e. The van der Waals surface area contributed by atoms with Crippen molar-refractivity contribution in [2.24, 2.45) is 5.73 Å². The Bertz CT molecular complexity index is 453. The van der Waals surface area contributed by atoms with E-state index in [2.05, 4.69) is 37.8 Å². The summed E-state index contributed by atoms with van der Waals surface area (Å²) < 4.78 is 0. The number of piperidine rings is 1. The van der Waals surface area contributed by atoms with Gasteiger partial charge in [0.2, 0.25) is 0 Å². The molecular formula is C17H26N2. The predicted octanol–water partition coefficient (Wildman–Crippen LogP) is 3.24. The number of hydrogen-bond acceptors (Lipinski definition) is 2. The van der Waals surface area contributed by atoms with Gasteiger partial charge in [-0.25, -0.2) is 0 Å². The van der Waals surface area contributed by atoms with E-state index in [1.165, 1.54) is 54.5 Å². The van der Waals surface area contributed by atoms with E-state index in [4.69, 9.17) is 5.73 Å². The summed E-state index contributed by atoms with van der Waals surface area (Å²) in [5.74, 6) is 0. The maximum absolute atomic E-state index is 6.50. The summed E-state index contributed by atoms with van der Waals surface area (Å²) in [6.45, 7) is 7.92. The molecule has 1 aromatic rings. The van der Waals surface area contributed by atoms with Gasteiger partial charge in [-0.2, -0.15) is 0 Å². The van der Waals surface area contributed by atoms with Crippen molar-refractivity contribution in [1.29, 1.82) is 0 Å². The summed E-state index contributed by atoms with van der Waals surface area (Å²) in [7, 11) is 0. The molecule has 2 N–H and O–H groups in total. The van der Waals surface area contributed by atoms with Gasteiger partial charge in [-0.3, -0.25) is 4.90 Å². The minimum Gasteiger partial charge on any atom is -0.326 e. The van der Waals surface area contributed by atoms with E-state index >= 15 is 0 Å². The first-order valence-electron chi connectivity index (χ1n) is 7.67. The number of hydrogen-bond donors (Lipinski definition) is 1. The van der Waals surface area contributed by atoms with Crippen LogP contribution >= 0.6 is 0 Å². The lowest BCUT2D eigenvalue weighted by Crippen LogP contribution is -2.47. The van der Waals surface area contributed by atoms with Crippen LogP contribution in [-0.2, 0) is 0 Å². The minimum absolute atomic E-state index is 0.300. The highest BCUT2D eigenvalue weighted by molar-refractivity contribution is 5.41. The fourth-order valence-corrected chi connectivity index (χ4v) is 3.91. The second-order valence-corrected chi connectivity index (χ2v) is 6.53. The SMILES string of the molecule is Cc1cc(C)c(C2C(N)CCCN2C2CC2)c(C)c1. The van der Waals surface area contributed by atoms with Crippen LogP contribution in [0.5, 0.6) is 0 Å². The Kier molecular flexibility index (Phi) is 3.40. The maximum atomic E-state index is 6.50. The Morgan fingerprint density at radius 2 is 1.68 bits per heavy atom. The van der Waals surface area contributed by atoms with Crippen LogP contribution in [0.25, 0.3) is 0 Å². The largest absolute Gasteiger partial charge is 0.326 e. The van der Waals surface area contributed by atoms with Crippen molar-refractivity contribution in [3.63, 3.8) is 0 Å². The highest BCUT2D eigenvalue weighted by atomic mass is 15.2. The van der Waals surface area contributed by atoms with Gasteiger partial charge in [0.1, 0.15) is 0 Å². The van der Waals surface area contributed by atoms with Crippen molar-refractivity contribution >= 4 is 0 Å². The summed E-state index contributed by atoms with van der Waals surface area (Å²) in [6.07, 6.45) is 5.17. The molecule has 2 nitrogen and oxygen atoms in total. The summed E-state index contributed by atoms with van der Waals surface area (Å²) >= 11 is 0. The Balaban J connectivity index is 2.01. The van der Waals surface area contributed by atoms with Crippen LogP contribution in [0.15, 0.2) is 12.1 Å². The lowest BCUT2D eigenvalue weighted by atomic mass is 9.85. The van der Waals surface area contributed by atoms with Gasteiger partial charge in [-0.1, -0.05) is 17.7 Å². The lowest BCUT2D eigenvalue weighted by molar-refractivity contribution is 0.119. The zero-order chi connectivity index (χ0) is 13.6. The number of aryl methyl sites for hydroxylation is 3. The van der Waals surface area contributed by atoms with E-state index in [0.29, 0.717) is 12.1 Å². The average molecular weight is 258 g/mol. The van der Waals surface area contributed by atoms with Crippen molar-refractivity contribution in [2.75, 3.05) is 6.54 Å². The van der Waals surface area contributed by atoms with Crippen LogP contribution in [0.4, 0.5) is 0 Å². The topological polar surface area (TPSA) is 29.3 Å². The highest BCUT2D eigenvalue weighted by Crippen LogP contribution is 2.41. The molecule has 0 bridgehead atoms. The molecule has 1 saturated carbocycles. The Hall–Kier alpha value is -0.860. The molecule has 0 amide bonds. The van der Waals surface area contributed by atoms with Crippen LogP contribution in [0.2, 0.25) is 0 Å². The normalized spacial score (nSPS) is 28.6. The van der Waals surface area contributed by atoms with Gasteiger partial charge in [0.25, 0.3) is 0 Å². The average Bonchev–Trinajstić information content (AvgIpc) is 3.13. The van der Waals surface area contributed by atoms with Crippen LogP contribution in [0.1, 0.15) is 54.0 Å². The second kappa shape index (κ2) is 4.92. The van der Waals surface area contributed by atoms with Crippen molar-refractivity contribution in [3.05, 3.63) is 34.4 Å². The first-order valence-corrected chi connectivity index (χ1v) is 7.67. The Labute approximate surface area is 117 Å². The van der Waals surface area contributed by atoms with Gasteiger partial charge >= 0.3 is 0 Å². The molecule has 0 radical (unpaired) electrons. The molecule has 19 heavy (non-hydrogen) atoms. The van der Waals surface area contributed by atoms with E-state index in [0.717, 1.165) is 6.04 Å². The first kappa shape index (κ1) is 13.1. The standard InChI is InChI=1S/C17H26N2/c1-11-9-12(2)16(13(3)10-11)17-15(18)5-4-8-19(17)14-6-7-14/h9-10,14-15,17H,4-8,18H2,1-3H3.